The Morgan fingerprint density at radius 2 is 2.17 bits per heavy atom. The molecule has 0 atom stereocenters. The van der Waals surface area contributed by atoms with Crippen molar-refractivity contribution in [2.75, 3.05) is 5.32 Å². The molecule has 0 spiro atoms. The van der Waals surface area contributed by atoms with E-state index in [0.717, 1.165) is 11.4 Å². The van der Waals surface area contributed by atoms with Gasteiger partial charge in [-0.25, -0.2) is 4.98 Å². The summed E-state index contributed by atoms with van der Waals surface area (Å²) in [6, 6.07) is 5.60. The number of anilines is 1. The van der Waals surface area contributed by atoms with Gasteiger partial charge < -0.3 is 11.1 Å². The minimum absolute atomic E-state index is 0.260. The highest BCUT2D eigenvalue weighted by Crippen LogP contribution is 2.23. The van der Waals surface area contributed by atoms with Gasteiger partial charge in [0.2, 0.25) is 5.91 Å². The van der Waals surface area contributed by atoms with Crippen LogP contribution in [-0.4, -0.2) is 21.4 Å². The predicted octanol–water partition coefficient (Wildman–Crippen LogP) is 1.88. The lowest BCUT2D eigenvalue weighted by molar-refractivity contribution is -0.120. The molecule has 0 aliphatic rings. The zero-order valence-corrected chi connectivity index (χ0v) is 11.0. The average molecular weight is 262 g/mol. The SMILES string of the molecule is CC(C)(N)C(=O)Nc1nc(-c2ccccn2)cs1. The molecule has 0 unspecified atom stereocenters. The van der Waals surface area contributed by atoms with Crippen molar-refractivity contribution in [1.82, 2.24) is 9.97 Å². The second kappa shape index (κ2) is 4.83. The molecule has 1 amide bonds. The maximum atomic E-state index is 11.7. The van der Waals surface area contributed by atoms with Crippen LogP contribution in [0.1, 0.15) is 13.8 Å². The quantitative estimate of drug-likeness (QED) is 0.885. The van der Waals surface area contributed by atoms with Crippen LogP contribution in [0.15, 0.2) is 29.8 Å². The van der Waals surface area contributed by atoms with Gasteiger partial charge in [0.1, 0.15) is 5.69 Å². The molecule has 0 radical (unpaired) electrons. The van der Waals surface area contributed by atoms with Gasteiger partial charge >= 0.3 is 0 Å². The monoisotopic (exact) mass is 262 g/mol. The number of thiazole rings is 1. The topological polar surface area (TPSA) is 80.9 Å². The molecule has 2 rings (SSSR count). The Bertz CT molecular complexity index is 545. The molecule has 5 nitrogen and oxygen atoms in total. The molecule has 2 aromatic rings. The first-order valence-corrected chi connectivity index (χ1v) is 6.32. The third-order valence-electron chi connectivity index (χ3n) is 2.24. The number of nitrogens with two attached hydrogens (primary N) is 1. The molecule has 94 valence electrons. The van der Waals surface area contributed by atoms with Crippen LogP contribution in [0.2, 0.25) is 0 Å². The van der Waals surface area contributed by atoms with E-state index in [4.69, 9.17) is 5.73 Å². The van der Waals surface area contributed by atoms with Gasteiger partial charge in [-0.05, 0) is 26.0 Å². The fourth-order valence-corrected chi connectivity index (χ4v) is 1.92. The molecule has 6 heteroatoms. The van der Waals surface area contributed by atoms with E-state index in [0.29, 0.717) is 5.13 Å². The number of amides is 1. The van der Waals surface area contributed by atoms with Crippen LogP contribution in [0, 0.1) is 0 Å². The second-order valence-electron chi connectivity index (χ2n) is 4.43. The van der Waals surface area contributed by atoms with E-state index < -0.39 is 5.54 Å². The molecule has 0 saturated heterocycles. The maximum absolute atomic E-state index is 11.7. The number of carbonyl (C=O) groups is 1. The standard InChI is InChI=1S/C12H14N4OS/c1-12(2,13)10(17)16-11-15-9(7-18-11)8-5-3-4-6-14-8/h3-7H,13H2,1-2H3,(H,15,16,17). The number of pyridine rings is 1. The smallest absolute Gasteiger partial charge is 0.245 e. The summed E-state index contributed by atoms with van der Waals surface area (Å²) in [4.78, 5) is 20.2. The zero-order valence-electron chi connectivity index (χ0n) is 10.2. The van der Waals surface area contributed by atoms with Crippen LogP contribution < -0.4 is 11.1 Å². The third kappa shape index (κ3) is 2.91. The summed E-state index contributed by atoms with van der Waals surface area (Å²) in [6.07, 6.45) is 1.70. The number of rotatable bonds is 3. The van der Waals surface area contributed by atoms with E-state index in [-0.39, 0.29) is 5.91 Å². The molecule has 0 aromatic carbocycles. The Morgan fingerprint density at radius 1 is 1.39 bits per heavy atom. The Kier molecular flexibility index (Phi) is 3.40. The van der Waals surface area contributed by atoms with Crippen LogP contribution in [0.4, 0.5) is 5.13 Å². The van der Waals surface area contributed by atoms with Gasteiger partial charge in [-0.1, -0.05) is 6.07 Å². The molecular weight excluding hydrogens is 248 g/mol. The average Bonchev–Trinajstić information content (AvgIpc) is 2.77. The van der Waals surface area contributed by atoms with Crippen LogP contribution in [0.5, 0.6) is 0 Å². The summed E-state index contributed by atoms with van der Waals surface area (Å²) >= 11 is 1.35. The first kappa shape index (κ1) is 12.7. The second-order valence-corrected chi connectivity index (χ2v) is 5.29. The zero-order chi connectivity index (χ0) is 13.2. The molecule has 3 N–H and O–H groups in total. The van der Waals surface area contributed by atoms with Crippen LogP contribution in [0.3, 0.4) is 0 Å². The van der Waals surface area contributed by atoms with Crippen molar-refractivity contribution in [3.8, 4) is 11.4 Å². The van der Waals surface area contributed by atoms with E-state index in [1.54, 1.807) is 20.0 Å². The lowest BCUT2D eigenvalue weighted by atomic mass is 10.1. The number of hydrogen-bond acceptors (Lipinski definition) is 5. The lowest BCUT2D eigenvalue weighted by Crippen LogP contribution is -2.45. The van der Waals surface area contributed by atoms with Crippen LogP contribution in [-0.2, 0) is 4.79 Å². The van der Waals surface area contributed by atoms with Crippen molar-refractivity contribution in [1.29, 1.82) is 0 Å². The molecule has 0 aliphatic heterocycles. The van der Waals surface area contributed by atoms with Crippen molar-refractivity contribution < 1.29 is 4.79 Å². The van der Waals surface area contributed by atoms with Gasteiger partial charge in [-0.15, -0.1) is 11.3 Å². The summed E-state index contributed by atoms with van der Waals surface area (Å²) in [7, 11) is 0. The first-order chi connectivity index (χ1) is 8.47. The molecule has 0 bridgehead atoms. The van der Waals surface area contributed by atoms with Gasteiger partial charge in [0.25, 0.3) is 0 Å². The fraction of sp³-hybridized carbons (Fsp3) is 0.250. The van der Waals surface area contributed by atoms with E-state index in [1.807, 2.05) is 23.6 Å². The third-order valence-corrected chi connectivity index (χ3v) is 2.99. The van der Waals surface area contributed by atoms with Gasteiger partial charge in [0.15, 0.2) is 5.13 Å². The van der Waals surface area contributed by atoms with E-state index in [2.05, 4.69) is 15.3 Å². The lowest BCUT2D eigenvalue weighted by Gasteiger charge is -2.16. The molecule has 2 aromatic heterocycles. The van der Waals surface area contributed by atoms with Gasteiger partial charge in [-0.3, -0.25) is 9.78 Å². The minimum Gasteiger partial charge on any atom is -0.318 e. The molecular formula is C12H14N4OS. The Labute approximate surface area is 109 Å². The van der Waals surface area contributed by atoms with Gasteiger partial charge in [-0.2, -0.15) is 0 Å². The van der Waals surface area contributed by atoms with E-state index in [1.165, 1.54) is 11.3 Å². The number of nitrogens with one attached hydrogen (secondary N) is 1. The van der Waals surface area contributed by atoms with E-state index >= 15 is 0 Å². The normalized spacial score (nSPS) is 11.3. The minimum atomic E-state index is -0.920. The number of nitrogens with zero attached hydrogens (tertiary/aromatic N) is 2. The Morgan fingerprint density at radius 3 is 2.78 bits per heavy atom. The molecule has 2 heterocycles. The van der Waals surface area contributed by atoms with Crippen molar-refractivity contribution in [2.45, 2.75) is 19.4 Å². The highest BCUT2D eigenvalue weighted by molar-refractivity contribution is 7.14. The molecule has 0 fully saturated rings. The molecule has 0 saturated carbocycles. The van der Waals surface area contributed by atoms with Gasteiger partial charge in [0.05, 0.1) is 11.2 Å². The van der Waals surface area contributed by atoms with Crippen molar-refractivity contribution in [3.63, 3.8) is 0 Å². The molecule has 18 heavy (non-hydrogen) atoms. The molecule has 0 aliphatic carbocycles. The van der Waals surface area contributed by atoms with Crippen LogP contribution in [0.25, 0.3) is 11.4 Å². The Balaban J connectivity index is 2.15. The maximum Gasteiger partial charge on any atom is 0.245 e. The van der Waals surface area contributed by atoms with Gasteiger partial charge in [0, 0.05) is 11.6 Å². The van der Waals surface area contributed by atoms with Crippen molar-refractivity contribution in [3.05, 3.63) is 29.8 Å². The number of aromatic nitrogens is 2. The summed E-state index contributed by atoms with van der Waals surface area (Å²) < 4.78 is 0. The summed E-state index contributed by atoms with van der Waals surface area (Å²) in [6.45, 7) is 3.30. The summed E-state index contributed by atoms with van der Waals surface area (Å²) in [5.41, 5.74) is 6.30. The highest BCUT2D eigenvalue weighted by Gasteiger charge is 2.22. The van der Waals surface area contributed by atoms with Crippen molar-refractivity contribution in [2.24, 2.45) is 5.73 Å². The summed E-state index contributed by atoms with van der Waals surface area (Å²) in [5, 5.41) is 5.06. The van der Waals surface area contributed by atoms with E-state index in [9.17, 15) is 4.79 Å². The fourth-order valence-electron chi connectivity index (χ4n) is 1.22. The summed E-state index contributed by atoms with van der Waals surface area (Å²) in [5.74, 6) is -0.260. The first-order valence-electron chi connectivity index (χ1n) is 5.44. The van der Waals surface area contributed by atoms with Crippen molar-refractivity contribution >= 4 is 22.4 Å². The predicted molar refractivity (Wildman–Crippen MR) is 72.2 cm³/mol. The highest BCUT2D eigenvalue weighted by atomic mass is 32.1. The largest absolute Gasteiger partial charge is 0.318 e. The number of hydrogen-bond donors (Lipinski definition) is 2. The number of carbonyl (C=O) groups excluding carboxylic acids is 1. The Hall–Kier alpha value is -1.79. The van der Waals surface area contributed by atoms with Crippen LogP contribution >= 0.6 is 11.3 Å².